The van der Waals surface area contributed by atoms with Gasteiger partial charge in [-0.1, -0.05) is 12.1 Å². The van der Waals surface area contributed by atoms with E-state index < -0.39 is 0 Å². The SMILES string of the molecule is O=C(Cc1ccc(F)cc1)NC[C@@H](c1ccsc1)n1cccn1. The Labute approximate surface area is 137 Å². The van der Waals surface area contributed by atoms with E-state index in [0.29, 0.717) is 6.54 Å². The maximum absolute atomic E-state index is 12.9. The molecule has 4 nitrogen and oxygen atoms in total. The van der Waals surface area contributed by atoms with Crippen LogP contribution in [0.2, 0.25) is 0 Å². The van der Waals surface area contributed by atoms with E-state index in [1.54, 1.807) is 29.7 Å². The second-order valence-electron chi connectivity index (χ2n) is 5.17. The average Bonchev–Trinajstić information content (AvgIpc) is 3.24. The Balaban J connectivity index is 1.62. The second kappa shape index (κ2) is 7.19. The van der Waals surface area contributed by atoms with E-state index in [-0.39, 0.29) is 24.2 Å². The molecule has 0 fully saturated rings. The van der Waals surface area contributed by atoms with Crippen LogP contribution in [0.3, 0.4) is 0 Å². The molecule has 1 atom stereocenters. The molecule has 0 bridgehead atoms. The number of nitrogens with zero attached hydrogens (tertiary/aromatic N) is 2. The van der Waals surface area contributed by atoms with Crippen molar-refractivity contribution in [2.45, 2.75) is 12.5 Å². The summed E-state index contributed by atoms with van der Waals surface area (Å²) in [5.41, 5.74) is 1.90. The minimum absolute atomic E-state index is 0.0339. The average molecular weight is 329 g/mol. The van der Waals surface area contributed by atoms with Gasteiger partial charge in [0.2, 0.25) is 5.91 Å². The van der Waals surface area contributed by atoms with Gasteiger partial charge < -0.3 is 5.32 Å². The summed E-state index contributed by atoms with van der Waals surface area (Å²) in [5.74, 6) is -0.394. The van der Waals surface area contributed by atoms with Crippen LogP contribution in [0.5, 0.6) is 0 Å². The van der Waals surface area contributed by atoms with Gasteiger partial charge in [0.15, 0.2) is 0 Å². The maximum atomic E-state index is 12.9. The molecule has 0 aliphatic heterocycles. The van der Waals surface area contributed by atoms with Gasteiger partial charge in [0, 0.05) is 18.9 Å². The first-order valence-electron chi connectivity index (χ1n) is 7.25. The highest BCUT2D eigenvalue weighted by Gasteiger charge is 2.15. The van der Waals surface area contributed by atoms with Crippen LogP contribution >= 0.6 is 11.3 Å². The number of carbonyl (C=O) groups is 1. The largest absolute Gasteiger partial charge is 0.353 e. The molecule has 3 aromatic rings. The van der Waals surface area contributed by atoms with Crippen molar-refractivity contribution in [3.63, 3.8) is 0 Å². The lowest BCUT2D eigenvalue weighted by Gasteiger charge is -2.17. The summed E-state index contributed by atoms with van der Waals surface area (Å²) in [6.45, 7) is 0.457. The lowest BCUT2D eigenvalue weighted by atomic mass is 10.1. The van der Waals surface area contributed by atoms with Gasteiger partial charge in [-0.05, 0) is 46.2 Å². The van der Waals surface area contributed by atoms with Crippen molar-refractivity contribution in [2.24, 2.45) is 0 Å². The number of hydrogen-bond donors (Lipinski definition) is 1. The molecule has 2 aromatic heterocycles. The highest BCUT2D eigenvalue weighted by molar-refractivity contribution is 7.07. The summed E-state index contributed by atoms with van der Waals surface area (Å²) in [6, 6.07) is 9.83. The van der Waals surface area contributed by atoms with Gasteiger partial charge in [0.25, 0.3) is 0 Å². The lowest BCUT2D eigenvalue weighted by molar-refractivity contribution is -0.120. The van der Waals surface area contributed by atoms with E-state index in [0.717, 1.165) is 11.1 Å². The number of aromatic nitrogens is 2. The van der Waals surface area contributed by atoms with E-state index in [2.05, 4.69) is 15.8 Å². The molecule has 0 unspecified atom stereocenters. The van der Waals surface area contributed by atoms with Crippen LogP contribution in [0, 0.1) is 5.82 Å². The van der Waals surface area contributed by atoms with Crippen LogP contribution in [0.1, 0.15) is 17.2 Å². The fourth-order valence-corrected chi connectivity index (χ4v) is 3.06. The number of thiophene rings is 1. The van der Waals surface area contributed by atoms with E-state index in [1.165, 1.54) is 12.1 Å². The third kappa shape index (κ3) is 4.04. The number of hydrogen-bond acceptors (Lipinski definition) is 3. The van der Waals surface area contributed by atoms with Crippen LogP contribution in [0.25, 0.3) is 0 Å². The molecular weight excluding hydrogens is 313 g/mol. The van der Waals surface area contributed by atoms with Crippen LogP contribution in [-0.2, 0) is 11.2 Å². The third-order valence-electron chi connectivity index (χ3n) is 3.54. The van der Waals surface area contributed by atoms with Gasteiger partial charge in [-0.25, -0.2) is 4.39 Å². The molecular formula is C17H16FN3OS. The van der Waals surface area contributed by atoms with Gasteiger partial charge >= 0.3 is 0 Å². The van der Waals surface area contributed by atoms with Gasteiger partial charge in [-0.3, -0.25) is 9.48 Å². The number of carbonyl (C=O) groups excluding carboxylic acids is 1. The third-order valence-corrected chi connectivity index (χ3v) is 4.24. The Bertz CT molecular complexity index is 705. The van der Waals surface area contributed by atoms with Crippen molar-refractivity contribution in [3.8, 4) is 0 Å². The maximum Gasteiger partial charge on any atom is 0.224 e. The molecule has 1 amide bonds. The van der Waals surface area contributed by atoms with Gasteiger partial charge in [0.1, 0.15) is 5.82 Å². The Hall–Kier alpha value is -2.47. The van der Waals surface area contributed by atoms with Crippen LogP contribution in [0.4, 0.5) is 4.39 Å². The Morgan fingerprint density at radius 3 is 2.78 bits per heavy atom. The van der Waals surface area contributed by atoms with Crippen LogP contribution < -0.4 is 5.32 Å². The topological polar surface area (TPSA) is 46.9 Å². The van der Waals surface area contributed by atoms with Crippen molar-refractivity contribution in [1.29, 1.82) is 0 Å². The Morgan fingerprint density at radius 1 is 1.30 bits per heavy atom. The number of benzene rings is 1. The molecule has 6 heteroatoms. The molecule has 0 saturated carbocycles. The zero-order valence-corrected chi connectivity index (χ0v) is 13.2. The Morgan fingerprint density at radius 2 is 2.13 bits per heavy atom. The standard InChI is InChI=1S/C17H16FN3OS/c18-15-4-2-13(3-5-15)10-17(22)19-11-16(14-6-9-23-12-14)21-8-1-7-20-21/h1-9,12,16H,10-11H2,(H,19,22)/t16-/m0/s1. The van der Waals surface area contributed by atoms with Gasteiger partial charge in [0.05, 0.1) is 12.5 Å². The first-order chi connectivity index (χ1) is 11.2. The molecule has 23 heavy (non-hydrogen) atoms. The van der Waals surface area contributed by atoms with Crippen LogP contribution in [0.15, 0.2) is 59.6 Å². The Kier molecular flexibility index (Phi) is 4.83. The van der Waals surface area contributed by atoms with E-state index in [1.807, 2.05) is 28.4 Å². The van der Waals surface area contributed by atoms with Gasteiger partial charge in [-0.15, -0.1) is 0 Å². The summed E-state index contributed by atoms with van der Waals surface area (Å²) in [4.78, 5) is 12.1. The summed E-state index contributed by atoms with van der Waals surface area (Å²) in [5, 5.41) is 11.3. The molecule has 0 aliphatic carbocycles. The molecule has 1 aromatic carbocycles. The normalized spacial score (nSPS) is 12.0. The zero-order valence-electron chi connectivity index (χ0n) is 12.4. The van der Waals surface area contributed by atoms with Crippen LogP contribution in [-0.4, -0.2) is 22.2 Å². The molecule has 0 spiro atoms. The van der Waals surface area contributed by atoms with Crippen molar-refractivity contribution in [2.75, 3.05) is 6.54 Å². The molecule has 0 radical (unpaired) electrons. The van der Waals surface area contributed by atoms with E-state index in [9.17, 15) is 9.18 Å². The molecule has 118 valence electrons. The van der Waals surface area contributed by atoms with E-state index in [4.69, 9.17) is 0 Å². The summed E-state index contributed by atoms with van der Waals surface area (Å²) in [7, 11) is 0. The molecule has 0 saturated heterocycles. The number of amides is 1. The first-order valence-corrected chi connectivity index (χ1v) is 8.19. The predicted octanol–water partition coefficient (Wildman–Crippen LogP) is 3.03. The molecule has 2 heterocycles. The zero-order chi connectivity index (χ0) is 16.1. The number of halogens is 1. The highest BCUT2D eigenvalue weighted by Crippen LogP contribution is 2.19. The summed E-state index contributed by atoms with van der Waals surface area (Å²) < 4.78 is 14.7. The van der Waals surface area contributed by atoms with Crippen molar-refractivity contribution in [3.05, 3.63) is 76.5 Å². The second-order valence-corrected chi connectivity index (χ2v) is 5.95. The van der Waals surface area contributed by atoms with Crippen molar-refractivity contribution < 1.29 is 9.18 Å². The number of rotatable bonds is 6. The fraction of sp³-hybridized carbons (Fsp3) is 0.176. The fourth-order valence-electron chi connectivity index (χ4n) is 2.35. The smallest absolute Gasteiger partial charge is 0.224 e. The first kappa shape index (κ1) is 15.4. The van der Waals surface area contributed by atoms with E-state index >= 15 is 0 Å². The minimum Gasteiger partial charge on any atom is -0.353 e. The summed E-state index contributed by atoms with van der Waals surface area (Å²) in [6.07, 6.45) is 3.84. The molecule has 3 rings (SSSR count). The highest BCUT2D eigenvalue weighted by atomic mass is 32.1. The van der Waals surface area contributed by atoms with Crippen molar-refractivity contribution >= 4 is 17.2 Å². The predicted molar refractivity (Wildman–Crippen MR) is 87.8 cm³/mol. The molecule has 0 aliphatic rings. The quantitative estimate of drug-likeness (QED) is 0.755. The minimum atomic E-state index is -0.301. The monoisotopic (exact) mass is 329 g/mol. The lowest BCUT2D eigenvalue weighted by Crippen LogP contribution is -2.32. The van der Waals surface area contributed by atoms with Gasteiger partial charge in [-0.2, -0.15) is 16.4 Å². The number of nitrogens with one attached hydrogen (secondary N) is 1. The molecule has 1 N–H and O–H groups in total. The summed E-state index contributed by atoms with van der Waals surface area (Å²) >= 11 is 1.61. The van der Waals surface area contributed by atoms with Crippen molar-refractivity contribution in [1.82, 2.24) is 15.1 Å².